The zero-order valence-corrected chi connectivity index (χ0v) is 16.2. The van der Waals surface area contributed by atoms with E-state index in [-0.39, 0.29) is 5.91 Å². The average molecular weight is 368 g/mol. The van der Waals surface area contributed by atoms with Crippen molar-refractivity contribution in [3.63, 3.8) is 0 Å². The summed E-state index contributed by atoms with van der Waals surface area (Å²) in [6.45, 7) is 6.70. The average Bonchev–Trinajstić information content (AvgIpc) is 2.64. The molecule has 0 saturated heterocycles. The predicted octanol–water partition coefficient (Wildman–Crippen LogP) is 5.34. The molecule has 26 heavy (non-hydrogen) atoms. The first-order chi connectivity index (χ1) is 12.4. The molecule has 1 heterocycles. The Morgan fingerprint density at radius 1 is 1.19 bits per heavy atom. The lowest BCUT2D eigenvalue weighted by atomic mass is 10.0. The van der Waals surface area contributed by atoms with Crippen LogP contribution >= 0.6 is 11.6 Å². The first kappa shape index (κ1) is 18.2. The Hall–Kier alpha value is -2.59. The van der Waals surface area contributed by atoms with E-state index in [2.05, 4.69) is 30.2 Å². The number of fused-ring (bicyclic) bond motifs is 1. The third-order valence-corrected chi connectivity index (χ3v) is 5.08. The van der Waals surface area contributed by atoms with Crippen LogP contribution in [0, 0.1) is 13.8 Å². The standard InChI is InChI=1S/C21H22ClN3O/c1-5-25(4)21(26)16-12-23-20(15-9-7-10-17(22)19(15)16)24-18-11-6-8-13(2)14(18)3/h6-12H,5H2,1-4H3,(H,23,24). The van der Waals surface area contributed by atoms with E-state index < -0.39 is 0 Å². The predicted molar refractivity (Wildman–Crippen MR) is 109 cm³/mol. The number of nitrogens with one attached hydrogen (secondary N) is 1. The van der Waals surface area contributed by atoms with Crippen molar-refractivity contribution in [2.24, 2.45) is 0 Å². The van der Waals surface area contributed by atoms with Gasteiger partial charge in [-0.25, -0.2) is 4.98 Å². The van der Waals surface area contributed by atoms with Gasteiger partial charge >= 0.3 is 0 Å². The van der Waals surface area contributed by atoms with Gasteiger partial charge in [-0.3, -0.25) is 4.79 Å². The van der Waals surface area contributed by atoms with Crippen molar-refractivity contribution in [2.45, 2.75) is 20.8 Å². The molecule has 3 aromatic rings. The van der Waals surface area contributed by atoms with Crippen molar-refractivity contribution in [1.82, 2.24) is 9.88 Å². The molecule has 0 aliphatic rings. The molecule has 3 rings (SSSR count). The summed E-state index contributed by atoms with van der Waals surface area (Å²) in [7, 11) is 1.77. The Balaban J connectivity index is 2.16. The topological polar surface area (TPSA) is 45.2 Å². The van der Waals surface area contributed by atoms with Crippen LogP contribution in [0.1, 0.15) is 28.4 Å². The van der Waals surface area contributed by atoms with E-state index >= 15 is 0 Å². The van der Waals surface area contributed by atoms with Gasteiger partial charge in [-0.05, 0) is 44.0 Å². The SMILES string of the molecule is CCN(C)C(=O)c1cnc(Nc2cccc(C)c2C)c2cccc(Cl)c12. The number of nitrogens with zero attached hydrogens (tertiary/aromatic N) is 2. The number of aryl methyl sites for hydroxylation is 1. The molecule has 0 saturated carbocycles. The number of halogens is 1. The molecule has 0 radical (unpaired) electrons. The maximum Gasteiger partial charge on any atom is 0.255 e. The van der Waals surface area contributed by atoms with Crippen LogP contribution in [-0.4, -0.2) is 29.4 Å². The summed E-state index contributed by atoms with van der Waals surface area (Å²) in [5.74, 6) is 0.600. The van der Waals surface area contributed by atoms with E-state index in [9.17, 15) is 4.79 Å². The van der Waals surface area contributed by atoms with E-state index in [0.717, 1.165) is 22.0 Å². The zero-order chi connectivity index (χ0) is 18.8. The molecule has 5 heteroatoms. The van der Waals surface area contributed by atoms with Crippen LogP contribution in [0.4, 0.5) is 11.5 Å². The molecule has 1 N–H and O–H groups in total. The molecule has 0 atom stereocenters. The van der Waals surface area contributed by atoms with Crippen LogP contribution in [0.25, 0.3) is 10.8 Å². The largest absolute Gasteiger partial charge is 0.342 e. The highest BCUT2D eigenvalue weighted by atomic mass is 35.5. The number of carbonyl (C=O) groups is 1. The van der Waals surface area contributed by atoms with Gasteiger partial charge in [0.25, 0.3) is 5.91 Å². The van der Waals surface area contributed by atoms with Crippen molar-refractivity contribution in [3.8, 4) is 0 Å². The van der Waals surface area contributed by atoms with Crippen LogP contribution in [-0.2, 0) is 0 Å². The highest BCUT2D eigenvalue weighted by Gasteiger charge is 2.18. The maximum absolute atomic E-state index is 12.7. The number of carbonyl (C=O) groups excluding carboxylic acids is 1. The van der Waals surface area contributed by atoms with Crippen molar-refractivity contribution >= 4 is 39.8 Å². The molecule has 1 aromatic heterocycles. The summed E-state index contributed by atoms with van der Waals surface area (Å²) >= 11 is 6.46. The molecule has 0 bridgehead atoms. The van der Waals surface area contributed by atoms with Crippen LogP contribution in [0.3, 0.4) is 0 Å². The van der Waals surface area contributed by atoms with Crippen molar-refractivity contribution in [2.75, 3.05) is 18.9 Å². The van der Waals surface area contributed by atoms with Gasteiger partial charge in [0, 0.05) is 41.3 Å². The fourth-order valence-corrected chi connectivity index (χ4v) is 3.16. The van der Waals surface area contributed by atoms with Crippen molar-refractivity contribution in [1.29, 1.82) is 0 Å². The molecule has 1 amide bonds. The number of aromatic nitrogens is 1. The summed E-state index contributed by atoms with van der Waals surface area (Å²) in [6.07, 6.45) is 1.61. The summed E-state index contributed by atoms with van der Waals surface area (Å²) in [4.78, 5) is 18.9. The minimum Gasteiger partial charge on any atom is -0.342 e. The molecule has 0 unspecified atom stereocenters. The van der Waals surface area contributed by atoms with Gasteiger partial charge in [-0.15, -0.1) is 0 Å². The summed E-state index contributed by atoms with van der Waals surface area (Å²) in [6, 6.07) is 11.7. The minimum absolute atomic E-state index is 0.0867. The summed E-state index contributed by atoms with van der Waals surface area (Å²) < 4.78 is 0. The molecule has 0 aliphatic heterocycles. The van der Waals surface area contributed by atoms with Gasteiger partial charge in [-0.2, -0.15) is 0 Å². The number of benzene rings is 2. The van der Waals surface area contributed by atoms with Gasteiger partial charge in [0.05, 0.1) is 5.56 Å². The Labute approximate surface area is 158 Å². The zero-order valence-electron chi connectivity index (χ0n) is 15.4. The number of pyridine rings is 1. The first-order valence-corrected chi connectivity index (χ1v) is 8.97. The first-order valence-electron chi connectivity index (χ1n) is 8.60. The minimum atomic E-state index is -0.0867. The molecular formula is C21H22ClN3O. The third kappa shape index (κ3) is 3.25. The van der Waals surface area contributed by atoms with E-state index in [1.165, 1.54) is 5.56 Å². The van der Waals surface area contributed by atoms with Crippen molar-refractivity contribution < 1.29 is 4.79 Å². The highest BCUT2D eigenvalue weighted by Crippen LogP contribution is 2.33. The molecule has 0 spiro atoms. The van der Waals surface area contributed by atoms with Gasteiger partial charge in [0.15, 0.2) is 0 Å². The molecule has 134 valence electrons. The molecule has 4 nitrogen and oxygen atoms in total. The van der Waals surface area contributed by atoms with E-state index in [4.69, 9.17) is 11.6 Å². The maximum atomic E-state index is 12.7. The molecule has 0 aliphatic carbocycles. The number of amides is 1. The number of hydrogen-bond acceptors (Lipinski definition) is 3. The molecule has 0 fully saturated rings. The van der Waals surface area contributed by atoms with Gasteiger partial charge in [0.1, 0.15) is 5.82 Å². The fourth-order valence-electron chi connectivity index (χ4n) is 2.88. The Bertz CT molecular complexity index is 984. The van der Waals surface area contributed by atoms with E-state index in [0.29, 0.717) is 22.9 Å². The fraction of sp³-hybridized carbons (Fsp3) is 0.238. The Morgan fingerprint density at radius 2 is 1.92 bits per heavy atom. The van der Waals surface area contributed by atoms with Gasteiger partial charge < -0.3 is 10.2 Å². The lowest BCUT2D eigenvalue weighted by Gasteiger charge is -2.18. The monoisotopic (exact) mass is 367 g/mol. The van der Waals surface area contributed by atoms with Gasteiger partial charge in [-0.1, -0.05) is 35.9 Å². The van der Waals surface area contributed by atoms with Gasteiger partial charge in [0.2, 0.25) is 0 Å². The second-order valence-electron chi connectivity index (χ2n) is 6.37. The highest BCUT2D eigenvalue weighted by molar-refractivity contribution is 6.37. The van der Waals surface area contributed by atoms with Crippen LogP contribution < -0.4 is 5.32 Å². The molecule has 2 aromatic carbocycles. The Kier molecular flexibility index (Phi) is 5.14. The van der Waals surface area contributed by atoms with E-state index in [1.54, 1.807) is 24.2 Å². The lowest BCUT2D eigenvalue weighted by molar-refractivity contribution is 0.0804. The third-order valence-electron chi connectivity index (χ3n) is 4.77. The number of anilines is 2. The van der Waals surface area contributed by atoms with Crippen LogP contribution in [0.5, 0.6) is 0 Å². The van der Waals surface area contributed by atoms with E-state index in [1.807, 2.05) is 31.2 Å². The van der Waals surface area contributed by atoms with Crippen LogP contribution in [0.2, 0.25) is 5.02 Å². The molecular weight excluding hydrogens is 346 g/mol. The second kappa shape index (κ2) is 7.34. The summed E-state index contributed by atoms with van der Waals surface area (Å²) in [5.41, 5.74) is 3.87. The normalized spacial score (nSPS) is 10.8. The van der Waals surface area contributed by atoms with Crippen molar-refractivity contribution in [3.05, 3.63) is 64.3 Å². The second-order valence-corrected chi connectivity index (χ2v) is 6.78. The number of hydrogen-bond donors (Lipinski definition) is 1. The quantitative estimate of drug-likeness (QED) is 0.676. The summed E-state index contributed by atoms with van der Waals surface area (Å²) in [5, 5.41) is 5.49. The lowest BCUT2D eigenvalue weighted by Crippen LogP contribution is -2.26. The Morgan fingerprint density at radius 3 is 2.65 bits per heavy atom. The van der Waals surface area contributed by atoms with Crippen LogP contribution in [0.15, 0.2) is 42.6 Å². The smallest absolute Gasteiger partial charge is 0.255 e. The number of rotatable bonds is 4.